The Hall–Kier alpha value is -0.570. The zero-order chi connectivity index (χ0) is 23.3. The monoisotopic (exact) mass is 446 g/mol. The molecule has 0 aromatic carbocycles. The Morgan fingerprint density at radius 1 is 0.969 bits per heavy atom. The highest BCUT2D eigenvalue weighted by molar-refractivity contribution is 5.66. The number of fused-ring (bicyclic) bond motifs is 5. The first kappa shape index (κ1) is 24.6. The second-order valence-corrected chi connectivity index (χ2v) is 13.4. The van der Waals surface area contributed by atoms with E-state index in [0.29, 0.717) is 17.8 Å². The number of carbonyl (C=O) groups excluding carboxylic acids is 1. The van der Waals surface area contributed by atoms with Crippen LogP contribution in [0.25, 0.3) is 0 Å². The molecular weight excluding hydrogens is 396 g/mol. The number of hydrogen-bond donors (Lipinski definition) is 1. The van der Waals surface area contributed by atoms with E-state index in [1.807, 2.05) is 0 Å². The van der Waals surface area contributed by atoms with Gasteiger partial charge in [0.05, 0.1) is 5.60 Å². The fourth-order valence-corrected chi connectivity index (χ4v) is 9.57. The van der Waals surface area contributed by atoms with E-state index < -0.39 is 5.60 Å². The number of esters is 1. The van der Waals surface area contributed by atoms with E-state index in [2.05, 4.69) is 34.6 Å². The van der Waals surface area contributed by atoms with Crippen molar-refractivity contribution in [2.45, 2.75) is 130 Å². The molecule has 3 nitrogen and oxygen atoms in total. The third-order valence-corrected chi connectivity index (χ3v) is 11.3. The van der Waals surface area contributed by atoms with Crippen molar-refractivity contribution in [3.05, 3.63) is 0 Å². The Morgan fingerprint density at radius 3 is 2.41 bits per heavy atom. The number of rotatable bonds is 6. The molecule has 4 aliphatic carbocycles. The van der Waals surface area contributed by atoms with Crippen LogP contribution in [0.5, 0.6) is 0 Å². The van der Waals surface area contributed by atoms with Gasteiger partial charge in [-0.25, -0.2) is 0 Å². The minimum absolute atomic E-state index is 0.0190. The summed E-state index contributed by atoms with van der Waals surface area (Å²) in [7, 11) is 0. The zero-order valence-corrected chi connectivity index (χ0v) is 21.8. The summed E-state index contributed by atoms with van der Waals surface area (Å²) in [5.41, 5.74) is -0.184. The van der Waals surface area contributed by atoms with Gasteiger partial charge in [-0.15, -0.1) is 0 Å². The lowest BCUT2D eigenvalue weighted by Crippen LogP contribution is -2.63. The normalized spacial score (nSPS) is 46.8. The summed E-state index contributed by atoms with van der Waals surface area (Å²) in [6, 6.07) is 0. The molecule has 1 N–H and O–H groups in total. The Morgan fingerprint density at radius 2 is 1.72 bits per heavy atom. The van der Waals surface area contributed by atoms with Crippen LogP contribution in [-0.2, 0) is 9.53 Å². The van der Waals surface area contributed by atoms with Crippen LogP contribution in [0.3, 0.4) is 0 Å². The third kappa shape index (κ3) is 4.07. The standard InChI is InChI=1S/C29H50O3/c1-19(2)8-7-9-20(3)24-10-11-25-23-13-17-29(31)18-22(32-21(4)30)12-16-28(29,6)26(23)14-15-27(24,25)5/h19-20,22-26,31H,7-18H2,1-6H3/t20-,22-,23+,24+,25-,26-,27+,28-,29-/m1/s1. The average molecular weight is 447 g/mol. The molecular formula is C29H50O3. The molecule has 4 fully saturated rings. The number of carbonyl (C=O) groups is 1. The van der Waals surface area contributed by atoms with Crippen molar-refractivity contribution in [2.75, 3.05) is 0 Å². The molecule has 4 aliphatic rings. The maximum atomic E-state index is 11.9. The molecule has 0 aliphatic heterocycles. The molecule has 4 rings (SSSR count). The maximum Gasteiger partial charge on any atom is 0.302 e. The van der Waals surface area contributed by atoms with Crippen molar-refractivity contribution in [1.82, 2.24) is 0 Å². The van der Waals surface area contributed by atoms with Crippen LogP contribution in [0.1, 0.15) is 119 Å². The molecule has 0 spiro atoms. The summed E-state index contributed by atoms with van der Waals surface area (Å²) >= 11 is 0. The molecule has 0 radical (unpaired) electrons. The van der Waals surface area contributed by atoms with Crippen molar-refractivity contribution >= 4 is 5.97 Å². The topological polar surface area (TPSA) is 46.5 Å². The molecule has 0 aromatic heterocycles. The first-order valence-electron chi connectivity index (χ1n) is 13.9. The van der Waals surface area contributed by atoms with Crippen molar-refractivity contribution in [3.8, 4) is 0 Å². The SMILES string of the molecule is CC(=O)O[C@@H]1CC[C@]2(C)[C@@H]3CC[C@]4(C)[C@H](CC[C@H]4[C@H](C)CCCC(C)C)[C@@H]3CC[C@@]2(O)C1. The summed E-state index contributed by atoms with van der Waals surface area (Å²) in [5.74, 6) is 4.59. The van der Waals surface area contributed by atoms with Crippen molar-refractivity contribution < 1.29 is 14.6 Å². The van der Waals surface area contributed by atoms with Gasteiger partial charge in [0, 0.05) is 13.3 Å². The molecule has 0 saturated heterocycles. The fourth-order valence-electron chi connectivity index (χ4n) is 9.57. The highest BCUT2D eigenvalue weighted by atomic mass is 16.5. The summed E-state index contributed by atoms with van der Waals surface area (Å²) in [4.78, 5) is 11.5. The number of ether oxygens (including phenoxy) is 1. The van der Waals surface area contributed by atoms with E-state index in [4.69, 9.17) is 4.74 Å². The van der Waals surface area contributed by atoms with Crippen LogP contribution in [0.4, 0.5) is 0 Å². The van der Waals surface area contributed by atoms with Crippen LogP contribution in [-0.4, -0.2) is 22.8 Å². The van der Waals surface area contributed by atoms with Crippen molar-refractivity contribution in [3.63, 3.8) is 0 Å². The highest BCUT2D eigenvalue weighted by Crippen LogP contribution is 2.69. The minimum atomic E-state index is -0.664. The zero-order valence-electron chi connectivity index (χ0n) is 21.8. The van der Waals surface area contributed by atoms with Crippen molar-refractivity contribution in [2.24, 2.45) is 46.3 Å². The van der Waals surface area contributed by atoms with E-state index in [1.165, 1.54) is 51.9 Å². The summed E-state index contributed by atoms with van der Waals surface area (Å²) in [6.45, 7) is 13.8. The van der Waals surface area contributed by atoms with Gasteiger partial charge < -0.3 is 9.84 Å². The van der Waals surface area contributed by atoms with Crippen LogP contribution in [0.15, 0.2) is 0 Å². The van der Waals surface area contributed by atoms with E-state index in [0.717, 1.165) is 55.3 Å². The molecule has 32 heavy (non-hydrogen) atoms. The van der Waals surface area contributed by atoms with E-state index >= 15 is 0 Å². The molecule has 0 bridgehead atoms. The second kappa shape index (κ2) is 8.90. The van der Waals surface area contributed by atoms with Crippen molar-refractivity contribution in [1.29, 1.82) is 0 Å². The highest BCUT2D eigenvalue weighted by Gasteiger charge is 2.64. The summed E-state index contributed by atoms with van der Waals surface area (Å²) < 4.78 is 5.56. The molecule has 0 heterocycles. The molecule has 0 aromatic rings. The molecule has 184 valence electrons. The molecule has 9 atom stereocenters. The first-order chi connectivity index (χ1) is 15.0. The van der Waals surface area contributed by atoms with Gasteiger partial charge in [0.25, 0.3) is 0 Å². The van der Waals surface area contributed by atoms with Gasteiger partial charge in [0.15, 0.2) is 0 Å². The van der Waals surface area contributed by atoms with Crippen LogP contribution < -0.4 is 0 Å². The molecule has 3 heteroatoms. The van der Waals surface area contributed by atoms with Gasteiger partial charge in [-0.1, -0.05) is 53.9 Å². The van der Waals surface area contributed by atoms with Gasteiger partial charge in [-0.05, 0) is 97.7 Å². The van der Waals surface area contributed by atoms with Gasteiger partial charge in [-0.3, -0.25) is 4.79 Å². The minimum Gasteiger partial charge on any atom is -0.462 e. The first-order valence-corrected chi connectivity index (χ1v) is 13.9. The summed E-state index contributed by atoms with van der Waals surface area (Å²) in [5, 5.41) is 11.9. The average Bonchev–Trinajstić information content (AvgIpc) is 3.05. The lowest BCUT2D eigenvalue weighted by atomic mass is 9.43. The van der Waals surface area contributed by atoms with Gasteiger partial charge in [0.1, 0.15) is 6.10 Å². The van der Waals surface area contributed by atoms with Crippen LogP contribution >= 0.6 is 0 Å². The fraction of sp³-hybridized carbons (Fsp3) is 0.966. The van der Waals surface area contributed by atoms with Gasteiger partial charge in [0.2, 0.25) is 0 Å². The van der Waals surface area contributed by atoms with Crippen LogP contribution in [0.2, 0.25) is 0 Å². The van der Waals surface area contributed by atoms with Gasteiger partial charge >= 0.3 is 5.97 Å². The lowest BCUT2D eigenvalue weighted by Gasteiger charge is -2.64. The Balaban J connectivity index is 1.47. The van der Waals surface area contributed by atoms with Crippen LogP contribution in [0, 0.1) is 46.3 Å². The maximum absolute atomic E-state index is 11.9. The van der Waals surface area contributed by atoms with E-state index in [-0.39, 0.29) is 17.5 Å². The predicted octanol–water partition coefficient (Wildman–Crippen LogP) is 7.15. The number of aliphatic hydroxyl groups is 1. The molecule has 4 saturated carbocycles. The molecule has 0 unspecified atom stereocenters. The van der Waals surface area contributed by atoms with E-state index in [1.54, 1.807) is 0 Å². The Kier molecular flexibility index (Phi) is 6.83. The second-order valence-electron chi connectivity index (χ2n) is 13.4. The largest absolute Gasteiger partial charge is 0.462 e. The number of hydrogen-bond acceptors (Lipinski definition) is 3. The lowest BCUT2D eigenvalue weighted by molar-refractivity contribution is -0.224. The Bertz CT molecular complexity index is 688. The Labute approximate surface area is 197 Å². The molecule has 0 amide bonds. The third-order valence-electron chi connectivity index (χ3n) is 11.3. The van der Waals surface area contributed by atoms with E-state index in [9.17, 15) is 9.90 Å². The summed E-state index contributed by atoms with van der Waals surface area (Å²) in [6.07, 6.45) is 14.1. The van der Waals surface area contributed by atoms with Gasteiger partial charge in [-0.2, -0.15) is 0 Å². The predicted molar refractivity (Wildman–Crippen MR) is 130 cm³/mol. The quantitative estimate of drug-likeness (QED) is 0.440. The smallest absolute Gasteiger partial charge is 0.302 e.